The van der Waals surface area contributed by atoms with Crippen LogP contribution in [0.25, 0.3) is 0 Å². The van der Waals surface area contributed by atoms with E-state index in [0.29, 0.717) is 0 Å². The van der Waals surface area contributed by atoms with E-state index >= 15 is 0 Å². The summed E-state index contributed by atoms with van der Waals surface area (Å²) in [4.78, 5) is 9.76. The molecule has 10 heteroatoms. The summed E-state index contributed by atoms with van der Waals surface area (Å²) in [5.41, 5.74) is 2.08. The zero-order chi connectivity index (χ0) is 61.6. The van der Waals surface area contributed by atoms with E-state index in [4.69, 9.17) is 28.9 Å². The van der Waals surface area contributed by atoms with E-state index in [1.54, 1.807) is 0 Å². The van der Waals surface area contributed by atoms with Crippen molar-refractivity contribution in [3.05, 3.63) is 170 Å². The molecule has 6 aromatic rings. The smallest absolute Gasteiger partial charge is 0.168 e. The number of unbranched alkanes of at least 4 members (excludes halogenated alkanes) is 30. The van der Waals surface area contributed by atoms with E-state index in [2.05, 4.69) is 177 Å². The van der Waals surface area contributed by atoms with Crippen LogP contribution in [0.4, 0.5) is 0 Å². The lowest BCUT2D eigenvalue weighted by molar-refractivity contribution is -0.697. The first-order chi connectivity index (χ1) is 44.2. The molecule has 0 saturated carbocycles. The molecule has 0 aliphatic rings. The molecule has 0 saturated heterocycles. The van der Waals surface area contributed by atoms with Crippen molar-refractivity contribution in [1.29, 1.82) is 0 Å². The minimum Gasteiger partial charge on any atom is -0.493 e. The molecule has 0 radical (unpaired) electrons. The maximum Gasteiger partial charge on any atom is 0.168 e. The molecule has 6 rings (SSSR count). The van der Waals surface area contributed by atoms with Gasteiger partial charge >= 0.3 is 0 Å². The highest BCUT2D eigenvalue weighted by Gasteiger charge is 2.08. The highest BCUT2D eigenvalue weighted by molar-refractivity contribution is 5.81. The Morgan fingerprint density at radius 1 is 0.225 bits per heavy atom. The first-order valence-electron chi connectivity index (χ1n) is 35.8. The summed E-state index contributed by atoms with van der Waals surface area (Å²) in [6, 6.07) is 37.9. The number of pyridine rings is 4. The third kappa shape index (κ3) is 37.4. The van der Waals surface area contributed by atoms with Crippen molar-refractivity contribution in [2.45, 2.75) is 251 Å². The van der Waals surface area contributed by atoms with Gasteiger partial charge in [-0.1, -0.05) is 153 Å². The van der Waals surface area contributed by atoms with Gasteiger partial charge in [0.2, 0.25) is 0 Å². The normalized spacial score (nSPS) is 11.5. The molecule has 10 nitrogen and oxygen atoms in total. The average Bonchev–Trinajstić information content (AvgIpc) is 3.70. The van der Waals surface area contributed by atoms with Crippen LogP contribution < -0.4 is 37.2 Å². The summed E-state index contributed by atoms with van der Waals surface area (Å²) in [7, 11) is 0. The van der Waals surface area contributed by atoms with Crippen molar-refractivity contribution in [1.82, 2.24) is 0 Å². The standard InChI is InChI=1S/C79H118N6O4/c1(9-17-32-50-82-54-36-26-37-55-82)5-13-21-44-62-86-76-66-74(67-77(70-76)87-63-45-22-14-6-2-10-18-33-51-83-56-38-27-39-57-83)72-80-48-30-25-31-49-81-73-75-68-78(88-64-46-23-15-7-3-11-19-34-52-84-58-40-28-41-59-84)71-79(69-75)89-65-47-24-16-8-4-12-20-35-53-85-60-42-29-43-61-85/h26-29,36-43,54-61,66-73H,1-25,30-35,44-53,62-65H2/q+4. The van der Waals surface area contributed by atoms with Gasteiger partial charge < -0.3 is 18.9 Å². The molecule has 89 heavy (non-hydrogen) atoms. The van der Waals surface area contributed by atoms with Gasteiger partial charge in [-0.3, -0.25) is 9.98 Å². The molecule has 4 heterocycles. The number of hydrogen-bond donors (Lipinski definition) is 0. The fraction of sp³-hybridized carbons (Fsp3) is 0.570. The fourth-order valence-electron chi connectivity index (χ4n) is 11.5. The van der Waals surface area contributed by atoms with Crippen molar-refractivity contribution in [3.8, 4) is 23.0 Å². The zero-order valence-electron chi connectivity index (χ0n) is 55.3. The van der Waals surface area contributed by atoms with Crippen molar-refractivity contribution in [2.24, 2.45) is 9.98 Å². The molecule has 0 aliphatic carbocycles. The number of aliphatic imine (C=N–C) groups is 2. The fourth-order valence-corrected chi connectivity index (χ4v) is 11.5. The predicted octanol–water partition coefficient (Wildman–Crippen LogP) is 18.3. The Morgan fingerprint density at radius 2 is 0.427 bits per heavy atom. The number of benzene rings is 2. The summed E-state index contributed by atoms with van der Waals surface area (Å²) in [5.74, 6) is 3.51. The third-order valence-electron chi connectivity index (χ3n) is 16.8. The van der Waals surface area contributed by atoms with Gasteiger partial charge in [0, 0.05) is 112 Å². The maximum atomic E-state index is 6.38. The topological polar surface area (TPSA) is 77.2 Å². The molecule has 484 valence electrons. The third-order valence-corrected chi connectivity index (χ3v) is 16.8. The molecular formula is C79H118N6O4+4. The van der Waals surface area contributed by atoms with Crippen LogP contribution in [0.5, 0.6) is 23.0 Å². The first kappa shape index (κ1) is 71.7. The second-order valence-electron chi connectivity index (χ2n) is 24.8. The minimum absolute atomic E-state index is 0.726. The number of aryl methyl sites for hydroxylation is 4. The lowest BCUT2D eigenvalue weighted by Gasteiger charge is -2.12. The van der Waals surface area contributed by atoms with Gasteiger partial charge in [-0.15, -0.1) is 0 Å². The van der Waals surface area contributed by atoms with E-state index in [-0.39, 0.29) is 0 Å². The van der Waals surface area contributed by atoms with Gasteiger partial charge in [0.05, 0.1) is 26.4 Å². The van der Waals surface area contributed by atoms with Gasteiger partial charge in [0.15, 0.2) is 49.6 Å². The van der Waals surface area contributed by atoms with Crippen LogP contribution in [0.15, 0.2) is 169 Å². The lowest BCUT2D eigenvalue weighted by Crippen LogP contribution is -2.32. The monoisotopic (exact) mass is 1210 g/mol. The highest BCUT2D eigenvalue weighted by Crippen LogP contribution is 2.26. The van der Waals surface area contributed by atoms with Crippen molar-refractivity contribution < 1.29 is 37.2 Å². The largest absolute Gasteiger partial charge is 0.493 e. The predicted molar refractivity (Wildman–Crippen MR) is 368 cm³/mol. The molecule has 0 unspecified atom stereocenters. The van der Waals surface area contributed by atoms with E-state index in [1.165, 1.54) is 180 Å². The Bertz CT molecular complexity index is 2310. The van der Waals surface area contributed by atoms with Gasteiger partial charge in [-0.05, 0) is 106 Å². The van der Waals surface area contributed by atoms with Crippen molar-refractivity contribution in [3.63, 3.8) is 0 Å². The summed E-state index contributed by atoms with van der Waals surface area (Å²) in [6.07, 6.45) is 64.7. The minimum atomic E-state index is 0.726. The molecule has 0 fully saturated rings. The first-order valence-corrected chi connectivity index (χ1v) is 35.8. The van der Waals surface area contributed by atoms with E-state index in [9.17, 15) is 0 Å². The van der Waals surface area contributed by atoms with Crippen LogP contribution in [-0.2, 0) is 26.2 Å². The summed E-state index contributed by atoms with van der Waals surface area (Å²) < 4.78 is 34.7. The lowest BCUT2D eigenvalue weighted by atomic mass is 10.1. The molecule has 4 aromatic heterocycles. The second-order valence-corrected chi connectivity index (χ2v) is 24.8. The summed E-state index contributed by atoms with van der Waals surface area (Å²) in [5, 5.41) is 0. The number of aromatic nitrogens is 4. The van der Waals surface area contributed by atoms with Gasteiger partial charge in [-0.25, -0.2) is 18.3 Å². The Hall–Kier alpha value is -6.42. The van der Waals surface area contributed by atoms with E-state index < -0.39 is 0 Å². The van der Waals surface area contributed by atoms with Crippen LogP contribution in [-0.4, -0.2) is 51.9 Å². The van der Waals surface area contributed by atoms with Crippen LogP contribution in [0.2, 0.25) is 0 Å². The zero-order valence-corrected chi connectivity index (χ0v) is 55.3. The van der Waals surface area contributed by atoms with E-state index in [1.807, 2.05) is 12.4 Å². The van der Waals surface area contributed by atoms with Crippen LogP contribution in [0.3, 0.4) is 0 Å². The highest BCUT2D eigenvalue weighted by atomic mass is 16.5. The molecule has 0 atom stereocenters. The quantitative estimate of drug-likeness (QED) is 0.0217. The molecule has 2 aromatic carbocycles. The Labute approximate surface area is 540 Å². The van der Waals surface area contributed by atoms with Crippen LogP contribution in [0.1, 0.15) is 236 Å². The number of nitrogens with zero attached hydrogens (tertiary/aromatic N) is 6. The summed E-state index contributed by atoms with van der Waals surface area (Å²) in [6.45, 7) is 8.94. The molecule has 0 N–H and O–H groups in total. The molecule has 0 bridgehead atoms. The number of rotatable bonds is 56. The van der Waals surface area contributed by atoms with Gasteiger partial charge in [0.1, 0.15) is 49.2 Å². The van der Waals surface area contributed by atoms with Gasteiger partial charge in [-0.2, -0.15) is 0 Å². The summed E-state index contributed by atoms with van der Waals surface area (Å²) >= 11 is 0. The SMILES string of the molecule is C(=NCCCCCN=Cc1cc(OCCCCCCCCCC[n+]2ccccc2)cc(OCCCCCCCCCC[n+]2ccccc2)c1)c1cc(OCCCCCCCCCC[n+]2ccccc2)cc(OCCCCCCCCCC[n+]2ccccc2)c1. The van der Waals surface area contributed by atoms with Crippen LogP contribution in [0, 0.1) is 0 Å². The average molecular weight is 1220 g/mol. The molecule has 0 amide bonds. The molecular weight excluding hydrogens is 1100 g/mol. The van der Waals surface area contributed by atoms with E-state index in [0.717, 1.165) is 145 Å². The Morgan fingerprint density at radius 3 is 0.663 bits per heavy atom. The maximum absolute atomic E-state index is 6.38. The van der Waals surface area contributed by atoms with Crippen LogP contribution >= 0.6 is 0 Å². The molecule has 0 aliphatic heterocycles. The number of ether oxygens (including phenoxy) is 4. The van der Waals surface area contributed by atoms with Crippen molar-refractivity contribution >= 4 is 12.4 Å². The number of hydrogen-bond acceptors (Lipinski definition) is 6. The van der Waals surface area contributed by atoms with Gasteiger partial charge in [0.25, 0.3) is 0 Å². The Balaban J connectivity index is 0.874. The molecule has 0 spiro atoms. The Kier molecular flexibility index (Phi) is 40.5. The second kappa shape index (κ2) is 50.3. The van der Waals surface area contributed by atoms with Crippen molar-refractivity contribution in [2.75, 3.05) is 39.5 Å².